The Balaban J connectivity index is 0.000000141. The van der Waals surface area contributed by atoms with Crippen LogP contribution in [-0.4, -0.2) is 29.1 Å². The number of hydrogen-bond donors (Lipinski definition) is 0. The van der Waals surface area contributed by atoms with E-state index >= 15 is 0 Å². The lowest BCUT2D eigenvalue weighted by atomic mass is 10.0. The number of para-hydroxylation sites is 3. The Morgan fingerprint density at radius 1 is 0.283 bits per heavy atom. The van der Waals surface area contributed by atoms with E-state index in [2.05, 4.69) is 203 Å². The highest BCUT2D eigenvalue weighted by molar-refractivity contribution is 7.25. The molecular weight excluding hydrogens is 1150 g/mol. The lowest BCUT2D eigenvalue weighted by Gasteiger charge is -2.12. The Morgan fingerprint density at radius 2 is 0.717 bits per heavy atom. The van der Waals surface area contributed by atoms with E-state index in [4.69, 9.17) is 24.4 Å². The molecule has 0 radical (unpaired) electrons. The number of fused-ring (bicyclic) bond motifs is 12. The molecule has 0 amide bonds. The van der Waals surface area contributed by atoms with Crippen LogP contribution >= 0.6 is 11.3 Å². The first kappa shape index (κ1) is 53.6. The Hall–Kier alpha value is -12.6. The number of benzene rings is 12. The van der Waals surface area contributed by atoms with Gasteiger partial charge in [-0.25, -0.2) is 19.9 Å². The van der Waals surface area contributed by atoms with Gasteiger partial charge in [0.25, 0.3) is 0 Å². The molecule has 0 unspecified atom stereocenters. The van der Waals surface area contributed by atoms with Crippen molar-refractivity contribution in [3.8, 4) is 91.3 Å². The number of thiophene rings is 1. The zero-order valence-electron chi connectivity index (χ0n) is 49.1. The monoisotopic (exact) mass is 1190 g/mol. The molecule has 0 aliphatic rings. The van der Waals surface area contributed by atoms with Gasteiger partial charge in [0.2, 0.25) is 0 Å². The van der Waals surface area contributed by atoms with Gasteiger partial charge >= 0.3 is 0 Å². The fraction of sp³-hybridized carbons (Fsp3) is 0. The number of hydrogen-bond acceptors (Lipinski definition) is 8. The molecular formula is C82H48N8OS. The molecule has 18 aromatic rings. The number of furan rings is 1. The molecule has 6 heterocycles. The number of nitriles is 2. The van der Waals surface area contributed by atoms with Crippen LogP contribution in [0.4, 0.5) is 0 Å². The summed E-state index contributed by atoms with van der Waals surface area (Å²) in [5.74, 6) is 1.25. The second-order valence-corrected chi connectivity index (χ2v) is 23.9. The van der Waals surface area contributed by atoms with Gasteiger partial charge in [0.15, 0.2) is 11.6 Å². The number of nitrogens with zero attached hydrogens (tertiary/aromatic N) is 8. The van der Waals surface area contributed by atoms with E-state index in [1.807, 2.05) is 114 Å². The lowest BCUT2D eigenvalue weighted by Crippen LogP contribution is -1.98. The molecule has 0 saturated heterocycles. The molecule has 9 nitrogen and oxygen atoms in total. The van der Waals surface area contributed by atoms with E-state index in [0.29, 0.717) is 22.8 Å². The van der Waals surface area contributed by atoms with Crippen LogP contribution in [0.15, 0.2) is 296 Å². The molecule has 428 valence electrons. The first-order chi connectivity index (χ1) is 45.5. The van der Waals surface area contributed by atoms with Crippen LogP contribution in [0.1, 0.15) is 11.1 Å². The third kappa shape index (κ3) is 9.39. The van der Waals surface area contributed by atoms with Gasteiger partial charge in [0.1, 0.15) is 11.2 Å². The van der Waals surface area contributed by atoms with E-state index in [9.17, 15) is 10.5 Å². The van der Waals surface area contributed by atoms with Crippen LogP contribution in [-0.2, 0) is 0 Å². The van der Waals surface area contributed by atoms with Crippen LogP contribution in [0, 0.1) is 22.7 Å². The van der Waals surface area contributed by atoms with Crippen molar-refractivity contribution in [2.75, 3.05) is 0 Å². The fourth-order valence-corrected chi connectivity index (χ4v) is 14.1. The summed E-state index contributed by atoms with van der Waals surface area (Å²) in [7, 11) is 0. The topological polar surface area (TPSA) is 122 Å². The Labute approximate surface area is 531 Å². The summed E-state index contributed by atoms with van der Waals surface area (Å²) < 4.78 is 13.5. The molecule has 12 aromatic carbocycles. The second-order valence-electron chi connectivity index (χ2n) is 22.8. The average Bonchev–Trinajstić information content (AvgIpc) is 1.59. The van der Waals surface area contributed by atoms with Crippen LogP contribution in [0.5, 0.6) is 0 Å². The highest BCUT2D eigenvalue weighted by Crippen LogP contribution is 2.43. The van der Waals surface area contributed by atoms with Gasteiger partial charge in [-0.3, -0.25) is 0 Å². The van der Waals surface area contributed by atoms with E-state index in [-0.39, 0.29) is 0 Å². The summed E-state index contributed by atoms with van der Waals surface area (Å²) >= 11 is 1.85. The van der Waals surface area contributed by atoms with Gasteiger partial charge in [-0.2, -0.15) is 10.5 Å². The summed E-state index contributed by atoms with van der Waals surface area (Å²) in [6, 6.07) is 104. The van der Waals surface area contributed by atoms with E-state index in [1.54, 1.807) is 6.07 Å². The predicted molar refractivity (Wildman–Crippen MR) is 375 cm³/mol. The molecule has 0 saturated carbocycles. The number of rotatable bonds is 8. The Bertz CT molecular complexity index is 5690. The van der Waals surface area contributed by atoms with Crippen molar-refractivity contribution in [3.05, 3.63) is 302 Å². The second kappa shape index (κ2) is 22.2. The van der Waals surface area contributed by atoms with Crippen LogP contribution < -0.4 is 0 Å². The van der Waals surface area contributed by atoms with E-state index in [1.165, 1.54) is 36.5 Å². The fourth-order valence-electron chi connectivity index (χ4n) is 13.0. The summed E-state index contributed by atoms with van der Waals surface area (Å²) in [5.41, 5.74) is 18.3. The molecule has 0 bridgehead atoms. The molecule has 0 aliphatic heterocycles. The number of aromatic nitrogens is 6. The minimum Gasteiger partial charge on any atom is -0.456 e. The maximum Gasteiger partial charge on any atom is 0.160 e. The SMILES string of the molecule is N#Cc1cccc(-c2cc(-c3ccccc3)nc(-c3cccc(-n4c5ccccc5c5cc6oc7ccccc7c6cc54)c3)n2)c1.N#Cc1cccc(-c2cc(-c3ccccc3)nc(-c3cccc(-n4c5ccccc5c5cc6sc7ccccc7c6cc54)c3)n2)c1. The summed E-state index contributed by atoms with van der Waals surface area (Å²) in [6.45, 7) is 0. The highest BCUT2D eigenvalue weighted by Gasteiger charge is 2.21. The smallest absolute Gasteiger partial charge is 0.160 e. The highest BCUT2D eigenvalue weighted by atomic mass is 32.1. The lowest BCUT2D eigenvalue weighted by molar-refractivity contribution is 0.669. The molecule has 92 heavy (non-hydrogen) atoms. The van der Waals surface area contributed by atoms with Gasteiger partial charge in [0.05, 0.1) is 68.1 Å². The zero-order chi connectivity index (χ0) is 61.2. The van der Waals surface area contributed by atoms with Crippen molar-refractivity contribution in [1.82, 2.24) is 29.1 Å². The van der Waals surface area contributed by atoms with Gasteiger partial charge in [0, 0.05) is 97.2 Å². The maximum atomic E-state index is 9.56. The largest absolute Gasteiger partial charge is 0.456 e. The Kier molecular flexibility index (Phi) is 12.9. The zero-order valence-corrected chi connectivity index (χ0v) is 49.9. The minimum atomic E-state index is 0.590. The summed E-state index contributed by atoms with van der Waals surface area (Å²) in [4.78, 5) is 20.2. The predicted octanol–water partition coefficient (Wildman–Crippen LogP) is 21.2. The van der Waals surface area contributed by atoms with E-state index < -0.39 is 0 Å². The van der Waals surface area contributed by atoms with Crippen molar-refractivity contribution in [2.45, 2.75) is 0 Å². The van der Waals surface area contributed by atoms with Gasteiger partial charge < -0.3 is 13.6 Å². The summed E-state index contributed by atoms with van der Waals surface area (Å²) in [6.07, 6.45) is 0. The van der Waals surface area contributed by atoms with Crippen molar-refractivity contribution in [3.63, 3.8) is 0 Å². The average molecular weight is 1190 g/mol. The third-order valence-electron chi connectivity index (χ3n) is 17.2. The van der Waals surface area contributed by atoms with Crippen molar-refractivity contribution < 1.29 is 4.42 Å². The quantitative estimate of drug-likeness (QED) is 0.148. The first-order valence-electron chi connectivity index (χ1n) is 30.3. The van der Waals surface area contributed by atoms with Crippen molar-refractivity contribution in [2.24, 2.45) is 0 Å². The molecule has 0 aliphatic carbocycles. The molecule has 0 fully saturated rings. The van der Waals surface area contributed by atoms with Gasteiger partial charge in [-0.1, -0.05) is 182 Å². The van der Waals surface area contributed by atoms with E-state index in [0.717, 1.165) is 117 Å². The maximum absolute atomic E-state index is 9.56. The van der Waals surface area contributed by atoms with Crippen LogP contribution in [0.25, 0.3) is 165 Å². The summed E-state index contributed by atoms with van der Waals surface area (Å²) in [5, 5.41) is 28.6. The van der Waals surface area contributed by atoms with Gasteiger partial charge in [-0.05, 0) is 109 Å². The van der Waals surface area contributed by atoms with Crippen molar-refractivity contribution >= 4 is 97.1 Å². The third-order valence-corrected chi connectivity index (χ3v) is 18.4. The standard InChI is InChI=1S/C41H24N4O.C41H24N4S/c2*42-25-26-10-8-13-28(20-26)36-24-35(27-11-2-1-3-12-27)43-41(44-36)29-14-9-15-30(21-29)45-37-18-6-4-16-31(37)33-23-40-34(22-38(33)45)32-17-5-7-19-39(32)46-40/h2*1-24H. The van der Waals surface area contributed by atoms with Crippen molar-refractivity contribution in [1.29, 1.82) is 10.5 Å². The van der Waals surface area contributed by atoms with Crippen LogP contribution in [0.3, 0.4) is 0 Å². The molecule has 0 N–H and O–H groups in total. The normalized spacial score (nSPS) is 11.5. The molecule has 10 heteroatoms. The molecule has 0 atom stereocenters. The van der Waals surface area contributed by atoms with Gasteiger partial charge in [-0.15, -0.1) is 11.3 Å². The first-order valence-corrected chi connectivity index (χ1v) is 31.1. The Morgan fingerprint density at radius 3 is 1.27 bits per heavy atom. The molecule has 6 aromatic heterocycles. The minimum absolute atomic E-state index is 0.590. The molecule has 18 rings (SSSR count). The molecule has 0 spiro atoms. The van der Waals surface area contributed by atoms with Crippen LogP contribution in [0.2, 0.25) is 0 Å².